The molecule has 11 heavy (non-hydrogen) atoms. The molecule has 0 atom stereocenters. The van der Waals surface area contributed by atoms with Gasteiger partial charge in [-0.15, -0.1) is 0 Å². The Labute approximate surface area is 63.8 Å². The van der Waals surface area contributed by atoms with Gasteiger partial charge >= 0.3 is 0 Å². The normalized spacial score (nSPS) is 22.2. The number of nitrogens with one attached hydrogen (secondary N) is 1. The van der Waals surface area contributed by atoms with E-state index in [1.165, 1.54) is 0 Å². The summed E-state index contributed by atoms with van der Waals surface area (Å²) in [6.07, 6.45) is 4.26. The van der Waals surface area contributed by atoms with Crippen LogP contribution in [0.5, 0.6) is 0 Å². The van der Waals surface area contributed by atoms with Crippen molar-refractivity contribution < 1.29 is 9.59 Å². The molecule has 56 valence electrons. The second kappa shape index (κ2) is 2.05. The Hall–Kier alpha value is -1.38. The second-order valence-corrected chi connectivity index (χ2v) is 2.65. The monoisotopic (exact) mass is 149 g/mol. The lowest BCUT2D eigenvalue weighted by atomic mass is 10.0. The number of ketones is 1. The first-order valence-corrected chi connectivity index (χ1v) is 3.50. The molecule has 0 radical (unpaired) electrons. The topological polar surface area (TPSA) is 46.2 Å². The third-order valence-electron chi connectivity index (χ3n) is 1.86. The van der Waals surface area contributed by atoms with Crippen molar-refractivity contribution in [2.24, 2.45) is 0 Å². The Bertz CT molecular complexity index is 299. The molecule has 0 unspecified atom stereocenters. The van der Waals surface area contributed by atoms with Gasteiger partial charge in [-0.05, 0) is 6.08 Å². The molecule has 0 aromatic carbocycles. The number of allylic oxidation sites excluding steroid dienone is 2. The first kappa shape index (κ1) is 6.34. The van der Waals surface area contributed by atoms with Crippen molar-refractivity contribution in [1.29, 1.82) is 0 Å². The van der Waals surface area contributed by atoms with Gasteiger partial charge in [0, 0.05) is 17.7 Å². The van der Waals surface area contributed by atoms with Gasteiger partial charge in [0.2, 0.25) is 5.91 Å². The molecular weight excluding hydrogens is 142 g/mol. The largest absolute Gasteiger partial charge is 0.325 e. The van der Waals surface area contributed by atoms with Gasteiger partial charge in [0.05, 0.1) is 6.42 Å². The summed E-state index contributed by atoms with van der Waals surface area (Å²) in [5, 5.41) is 2.62. The highest BCUT2D eigenvalue weighted by Crippen LogP contribution is 2.21. The lowest BCUT2D eigenvalue weighted by Crippen LogP contribution is -2.13. The van der Waals surface area contributed by atoms with Crippen LogP contribution < -0.4 is 5.32 Å². The van der Waals surface area contributed by atoms with Crippen molar-refractivity contribution in [1.82, 2.24) is 5.32 Å². The van der Waals surface area contributed by atoms with E-state index in [1.54, 1.807) is 12.2 Å². The van der Waals surface area contributed by atoms with Crippen LogP contribution in [0.15, 0.2) is 23.4 Å². The van der Waals surface area contributed by atoms with Crippen LogP contribution in [-0.4, -0.2) is 11.7 Å². The third-order valence-corrected chi connectivity index (χ3v) is 1.86. The molecule has 3 nitrogen and oxygen atoms in total. The van der Waals surface area contributed by atoms with Crippen molar-refractivity contribution in [3.8, 4) is 0 Å². The average molecular weight is 149 g/mol. The molecule has 0 saturated carbocycles. The second-order valence-electron chi connectivity index (χ2n) is 2.65. The van der Waals surface area contributed by atoms with Crippen LogP contribution in [0.1, 0.15) is 12.8 Å². The maximum absolute atomic E-state index is 11.1. The zero-order chi connectivity index (χ0) is 7.84. The van der Waals surface area contributed by atoms with Crippen molar-refractivity contribution in [2.75, 3.05) is 0 Å². The quantitative estimate of drug-likeness (QED) is 0.538. The highest BCUT2D eigenvalue weighted by Gasteiger charge is 2.25. The molecule has 1 aliphatic heterocycles. The van der Waals surface area contributed by atoms with Gasteiger partial charge < -0.3 is 5.32 Å². The maximum Gasteiger partial charge on any atom is 0.229 e. The number of hydrogen-bond donors (Lipinski definition) is 1. The molecule has 1 aliphatic carbocycles. The zero-order valence-corrected chi connectivity index (χ0v) is 5.89. The van der Waals surface area contributed by atoms with E-state index < -0.39 is 0 Å². The third kappa shape index (κ3) is 0.888. The Balaban J connectivity index is 2.40. The molecular formula is C8H7NO2. The minimum absolute atomic E-state index is 0.0702. The molecule has 0 bridgehead atoms. The Morgan fingerprint density at radius 3 is 2.91 bits per heavy atom. The van der Waals surface area contributed by atoms with Crippen molar-refractivity contribution in [2.45, 2.75) is 12.8 Å². The Morgan fingerprint density at radius 1 is 1.36 bits per heavy atom. The minimum Gasteiger partial charge on any atom is -0.325 e. The first-order valence-electron chi connectivity index (χ1n) is 3.50. The molecule has 1 N–H and O–H groups in total. The minimum atomic E-state index is -0.0742. The van der Waals surface area contributed by atoms with E-state index in [-0.39, 0.29) is 18.1 Å². The summed E-state index contributed by atoms with van der Waals surface area (Å²) in [7, 11) is 0. The number of carbonyl (C=O) groups is 2. The summed E-state index contributed by atoms with van der Waals surface area (Å²) in [5.41, 5.74) is 1.35. The molecule has 0 saturated heterocycles. The standard InChI is InChI=1S/C8H7NO2/c10-7-3-1-2-6-5(7)4-8(11)9-6/h1-2H,3-4H2,(H,9,11). The van der Waals surface area contributed by atoms with Crippen molar-refractivity contribution >= 4 is 11.7 Å². The van der Waals surface area contributed by atoms with Gasteiger partial charge in [-0.3, -0.25) is 9.59 Å². The number of rotatable bonds is 0. The molecule has 0 spiro atoms. The van der Waals surface area contributed by atoms with Crippen LogP contribution in [0.4, 0.5) is 0 Å². The molecule has 2 rings (SSSR count). The van der Waals surface area contributed by atoms with Crippen LogP contribution in [0.25, 0.3) is 0 Å². The summed E-state index contributed by atoms with van der Waals surface area (Å²) < 4.78 is 0. The fraction of sp³-hybridized carbons (Fsp3) is 0.250. The average Bonchev–Trinajstić information content (AvgIpc) is 2.31. The highest BCUT2D eigenvalue weighted by atomic mass is 16.2. The van der Waals surface area contributed by atoms with E-state index in [1.807, 2.05) is 0 Å². The maximum atomic E-state index is 11.1. The number of carbonyl (C=O) groups excluding carboxylic acids is 2. The van der Waals surface area contributed by atoms with E-state index in [4.69, 9.17) is 0 Å². The van der Waals surface area contributed by atoms with Crippen LogP contribution in [0, 0.1) is 0 Å². The fourth-order valence-corrected chi connectivity index (χ4v) is 1.32. The summed E-state index contributed by atoms with van der Waals surface area (Å²) in [6.45, 7) is 0. The molecule has 1 amide bonds. The SMILES string of the molecule is O=C1CC2=C(C=CCC2=O)N1. The predicted molar refractivity (Wildman–Crippen MR) is 38.5 cm³/mol. The van der Waals surface area contributed by atoms with Crippen LogP contribution in [-0.2, 0) is 9.59 Å². The summed E-state index contributed by atoms with van der Waals surface area (Å²) in [4.78, 5) is 21.9. The van der Waals surface area contributed by atoms with E-state index in [0.29, 0.717) is 17.7 Å². The van der Waals surface area contributed by atoms with Gasteiger partial charge in [0.15, 0.2) is 5.78 Å². The molecule has 0 aromatic heterocycles. The lowest BCUT2D eigenvalue weighted by Gasteiger charge is -2.03. The van der Waals surface area contributed by atoms with Gasteiger partial charge in [0.25, 0.3) is 0 Å². The Morgan fingerprint density at radius 2 is 2.18 bits per heavy atom. The molecule has 1 heterocycles. The zero-order valence-electron chi connectivity index (χ0n) is 5.89. The smallest absolute Gasteiger partial charge is 0.229 e. The van der Waals surface area contributed by atoms with Gasteiger partial charge in [-0.2, -0.15) is 0 Å². The first-order chi connectivity index (χ1) is 5.27. The number of hydrogen-bond acceptors (Lipinski definition) is 2. The summed E-state index contributed by atoms with van der Waals surface area (Å²) >= 11 is 0. The number of amides is 1. The van der Waals surface area contributed by atoms with Crippen molar-refractivity contribution in [3.05, 3.63) is 23.4 Å². The van der Waals surface area contributed by atoms with E-state index in [2.05, 4.69) is 5.32 Å². The molecule has 2 aliphatic rings. The van der Waals surface area contributed by atoms with Crippen LogP contribution >= 0.6 is 0 Å². The fourth-order valence-electron chi connectivity index (χ4n) is 1.32. The molecule has 0 fully saturated rings. The van der Waals surface area contributed by atoms with Crippen molar-refractivity contribution in [3.63, 3.8) is 0 Å². The van der Waals surface area contributed by atoms with Gasteiger partial charge in [0.1, 0.15) is 0 Å². The summed E-state index contributed by atoms with van der Waals surface area (Å²) in [6, 6.07) is 0. The Kier molecular flexibility index (Phi) is 1.18. The van der Waals surface area contributed by atoms with Gasteiger partial charge in [-0.25, -0.2) is 0 Å². The van der Waals surface area contributed by atoms with Crippen LogP contribution in [0.3, 0.4) is 0 Å². The molecule has 0 aromatic rings. The van der Waals surface area contributed by atoms with Crippen LogP contribution in [0.2, 0.25) is 0 Å². The highest BCUT2D eigenvalue weighted by molar-refractivity contribution is 6.06. The molecule has 3 heteroatoms. The predicted octanol–water partition coefficient (Wildman–Crippen LogP) is 0.289. The van der Waals surface area contributed by atoms with E-state index >= 15 is 0 Å². The summed E-state index contributed by atoms with van der Waals surface area (Å²) in [5.74, 6) is -0.00394. The van der Waals surface area contributed by atoms with Gasteiger partial charge in [-0.1, -0.05) is 6.08 Å². The van der Waals surface area contributed by atoms with E-state index in [9.17, 15) is 9.59 Å². The number of Topliss-reactive ketones (excluding diaryl/α,β-unsaturated/α-hetero) is 1. The van der Waals surface area contributed by atoms with E-state index in [0.717, 1.165) is 0 Å². The lowest BCUT2D eigenvalue weighted by molar-refractivity contribution is -0.120.